The molecule has 3 atom stereocenters. The highest BCUT2D eigenvalue weighted by atomic mass is 16.4. The monoisotopic (exact) mass is 274 g/mol. The van der Waals surface area contributed by atoms with Gasteiger partial charge in [-0.05, 0) is 37.3 Å². The summed E-state index contributed by atoms with van der Waals surface area (Å²) in [7, 11) is 0. The summed E-state index contributed by atoms with van der Waals surface area (Å²) >= 11 is 0. The molecule has 2 fully saturated rings. The Labute approximate surface area is 117 Å². The zero-order valence-electron chi connectivity index (χ0n) is 11.2. The van der Waals surface area contributed by atoms with E-state index in [0.717, 1.165) is 25.7 Å². The second kappa shape index (κ2) is 5.23. The van der Waals surface area contributed by atoms with Crippen molar-refractivity contribution in [1.82, 2.24) is 9.88 Å². The van der Waals surface area contributed by atoms with E-state index in [4.69, 9.17) is 0 Å². The van der Waals surface area contributed by atoms with E-state index in [1.165, 1.54) is 0 Å². The third-order valence-electron chi connectivity index (χ3n) is 4.53. The zero-order chi connectivity index (χ0) is 14.1. The Balaban J connectivity index is 1.91. The number of carboxylic acid groups (broad SMARTS) is 1. The first kappa shape index (κ1) is 13.1. The van der Waals surface area contributed by atoms with E-state index in [1.54, 1.807) is 29.4 Å². The third kappa shape index (κ3) is 2.17. The quantitative estimate of drug-likeness (QED) is 0.894. The Hall–Kier alpha value is -1.91. The van der Waals surface area contributed by atoms with Gasteiger partial charge in [-0.3, -0.25) is 9.78 Å². The van der Waals surface area contributed by atoms with Crippen LogP contribution in [0.5, 0.6) is 0 Å². The lowest BCUT2D eigenvalue weighted by atomic mass is 9.84. The van der Waals surface area contributed by atoms with Gasteiger partial charge in [0.05, 0.1) is 0 Å². The van der Waals surface area contributed by atoms with Crippen LogP contribution >= 0.6 is 0 Å². The number of likely N-dealkylation sites (tertiary alicyclic amines) is 1. The van der Waals surface area contributed by atoms with Gasteiger partial charge in [0.2, 0.25) is 0 Å². The summed E-state index contributed by atoms with van der Waals surface area (Å²) < 4.78 is 0. The molecule has 3 rings (SSSR count). The molecule has 2 aliphatic rings. The molecule has 1 saturated carbocycles. The molecule has 1 amide bonds. The van der Waals surface area contributed by atoms with E-state index < -0.39 is 12.0 Å². The second-order valence-electron chi connectivity index (χ2n) is 5.65. The van der Waals surface area contributed by atoms with E-state index in [2.05, 4.69) is 4.98 Å². The van der Waals surface area contributed by atoms with Gasteiger partial charge in [-0.2, -0.15) is 0 Å². The third-order valence-corrected chi connectivity index (χ3v) is 4.53. The first-order valence-corrected chi connectivity index (χ1v) is 7.14. The van der Waals surface area contributed by atoms with Crippen molar-refractivity contribution in [3.63, 3.8) is 0 Å². The number of fused-ring (bicyclic) bond motifs is 1. The van der Waals surface area contributed by atoms with Crippen molar-refractivity contribution in [3.05, 3.63) is 30.1 Å². The normalized spacial score (nSPS) is 29.0. The molecule has 1 saturated heterocycles. The number of carboxylic acids is 1. The van der Waals surface area contributed by atoms with Crippen molar-refractivity contribution >= 4 is 11.9 Å². The number of hydrogen-bond donors (Lipinski definition) is 1. The van der Waals surface area contributed by atoms with E-state index in [1.807, 2.05) is 0 Å². The fraction of sp³-hybridized carbons (Fsp3) is 0.533. The van der Waals surface area contributed by atoms with E-state index in [9.17, 15) is 14.7 Å². The summed E-state index contributed by atoms with van der Waals surface area (Å²) in [4.78, 5) is 29.7. The molecule has 0 bridgehead atoms. The van der Waals surface area contributed by atoms with Crippen LogP contribution in [0.15, 0.2) is 24.5 Å². The molecule has 1 aliphatic heterocycles. The largest absolute Gasteiger partial charge is 0.480 e. The van der Waals surface area contributed by atoms with Gasteiger partial charge in [0, 0.05) is 24.0 Å². The van der Waals surface area contributed by atoms with Gasteiger partial charge in [0.25, 0.3) is 5.91 Å². The maximum absolute atomic E-state index is 12.7. The van der Waals surface area contributed by atoms with Gasteiger partial charge in [0.15, 0.2) is 0 Å². The van der Waals surface area contributed by atoms with Crippen LogP contribution in [0.25, 0.3) is 0 Å². The Morgan fingerprint density at radius 2 is 1.90 bits per heavy atom. The Kier molecular flexibility index (Phi) is 3.42. The van der Waals surface area contributed by atoms with Gasteiger partial charge in [-0.25, -0.2) is 4.79 Å². The van der Waals surface area contributed by atoms with Crippen molar-refractivity contribution < 1.29 is 14.7 Å². The predicted molar refractivity (Wildman–Crippen MR) is 72.2 cm³/mol. The summed E-state index contributed by atoms with van der Waals surface area (Å²) in [6.07, 6.45) is 7.91. The van der Waals surface area contributed by atoms with Crippen molar-refractivity contribution in [1.29, 1.82) is 0 Å². The number of aliphatic carboxylic acids is 1. The molecular weight excluding hydrogens is 256 g/mol. The maximum Gasteiger partial charge on any atom is 0.326 e. The fourth-order valence-electron chi connectivity index (χ4n) is 3.62. The van der Waals surface area contributed by atoms with Crippen LogP contribution in [0, 0.1) is 5.92 Å². The van der Waals surface area contributed by atoms with Crippen molar-refractivity contribution in [2.24, 2.45) is 5.92 Å². The molecule has 1 aromatic heterocycles. The molecule has 0 unspecified atom stereocenters. The van der Waals surface area contributed by atoms with E-state index in [0.29, 0.717) is 17.9 Å². The predicted octanol–water partition coefficient (Wildman–Crippen LogP) is 1.94. The second-order valence-corrected chi connectivity index (χ2v) is 5.65. The summed E-state index contributed by atoms with van der Waals surface area (Å²) in [6.45, 7) is 0. The number of carbonyl (C=O) groups is 2. The molecule has 0 radical (unpaired) electrons. The average Bonchev–Trinajstić information content (AvgIpc) is 2.87. The minimum absolute atomic E-state index is 0.0884. The number of aromatic nitrogens is 1. The highest BCUT2D eigenvalue weighted by Crippen LogP contribution is 2.40. The summed E-state index contributed by atoms with van der Waals surface area (Å²) in [6, 6.07) is 2.71. The van der Waals surface area contributed by atoms with Crippen molar-refractivity contribution in [2.75, 3.05) is 0 Å². The SMILES string of the molecule is O=C(O)[C@@H]1C[C@H]2CCCC[C@H]2N1C(=O)c1ccncc1. The van der Waals surface area contributed by atoms with Gasteiger partial charge in [0.1, 0.15) is 6.04 Å². The summed E-state index contributed by atoms with van der Waals surface area (Å²) in [5.41, 5.74) is 0.525. The lowest BCUT2D eigenvalue weighted by Crippen LogP contribution is -2.46. The molecule has 1 N–H and O–H groups in total. The smallest absolute Gasteiger partial charge is 0.326 e. The number of nitrogens with zero attached hydrogens (tertiary/aromatic N) is 2. The topological polar surface area (TPSA) is 70.5 Å². The van der Waals surface area contributed by atoms with Gasteiger partial charge in [-0.15, -0.1) is 0 Å². The number of rotatable bonds is 2. The van der Waals surface area contributed by atoms with Gasteiger partial charge in [-0.1, -0.05) is 12.8 Å². The molecule has 5 heteroatoms. The lowest BCUT2D eigenvalue weighted by molar-refractivity contribution is -0.141. The van der Waals surface area contributed by atoms with Crippen molar-refractivity contribution in [2.45, 2.75) is 44.2 Å². The van der Waals surface area contributed by atoms with Gasteiger partial charge < -0.3 is 10.0 Å². The number of pyridine rings is 1. The average molecular weight is 274 g/mol. The molecule has 0 spiro atoms. The molecule has 1 aromatic rings. The Morgan fingerprint density at radius 3 is 2.60 bits per heavy atom. The van der Waals surface area contributed by atoms with Gasteiger partial charge >= 0.3 is 5.97 Å². The van der Waals surface area contributed by atoms with Crippen LogP contribution < -0.4 is 0 Å². The molecule has 2 heterocycles. The van der Waals surface area contributed by atoms with E-state index in [-0.39, 0.29) is 11.9 Å². The molecule has 20 heavy (non-hydrogen) atoms. The standard InChI is InChI=1S/C15H18N2O3/c18-14(10-5-7-16-8-6-10)17-12-4-2-1-3-11(12)9-13(17)15(19)20/h5-8,11-13H,1-4,9H2,(H,19,20)/t11-,12-,13+/m1/s1. The van der Waals surface area contributed by atoms with Crippen LogP contribution in [0.4, 0.5) is 0 Å². The zero-order valence-corrected chi connectivity index (χ0v) is 11.2. The lowest BCUT2D eigenvalue weighted by Gasteiger charge is -2.33. The highest BCUT2D eigenvalue weighted by Gasteiger charge is 2.47. The summed E-state index contributed by atoms with van der Waals surface area (Å²) in [5, 5.41) is 9.42. The summed E-state index contributed by atoms with van der Waals surface area (Å²) in [5.74, 6) is -0.716. The molecule has 1 aliphatic carbocycles. The van der Waals surface area contributed by atoms with Crippen LogP contribution in [-0.2, 0) is 4.79 Å². The van der Waals surface area contributed by atoms with Crippen LogP contribution in [0.3, 0.4) is 0 Å². The first-order valence-electron chi connectivity index (χ1n) is 7.14. The first-order chi connectivity index (χ1) is 9.68. The van der Waals surface area contributed by atoms with Crippen molar-refractivity contribution in [3.8, 4) is 0 Å². The van der Waals surface area contributed by atoms with E-state index >= 15 is 0 Å². The minimum Gasteiger partial charge on any atom is -0.480 e. The van der Waals surface area contributed by atoms with Crippen LogP contribution in [0.2, 0.25) is 0 Å². The maximum atomic E-state index is 12.7. The molecular formula is C15H18N2O3. The fourth-order valence-corrected chi connectivity index (χ4v) is 3.62. The number of carbonyl (C=O) groups excluding carboxylic acids is 1. The van der Waals surface area contributed by atoms with Crippen LogP contribution in [0.1, 0.15) is 42.5 Å². The molecule has 106 valence electrons. The van der Waals surface area contributed by atoms with Crippen LogP contribution in [-0.4, -0.2) is 39.0 Å². The molecule has 0 aromatic carbocycles. The Bertz CT molecular complexity index is 517. The number of hydrogen-bond acceptors (Lipinski definition) is 3. The number of amides is 1. The highest BCUT2D eigenvalue weighted by molar-refractivity contribution is 5.97. The minimum atomic E-state index is -0.887. The molecule has 5 nitrogen and oxygen atoms in total. The Morgan fingerprint density at radius 1 is 1.20 bits per heavy atom.